The number of nitrogens with zero attached hydrogens (tertiary/aromatic N) is 4. The van der Waals surface area contributed by atoms with Crippen LogP contribution in [0.5, 0.6) is 5.88 Å². The molecule has 1 saturated carbocycles. The van der Waals surface area contributed by atoms with Crippen LogP contribution in [0.3, 0.4) is 0 Å². The molecular formula is C22H29F2N5O2. The lowest BCUT2D eigenvalue weighted by atomic mass is 9.73. The Morgan fingerprint density at radius 3 is 3.03 bits per heavy atom. The molecule has 1 N–H and O–H groups in total. The maximum atomic E-state index is 14.9. The third kappa shape index (κ3) is 2.96. The summed E-state index contributed by atoms with van der Waals surface area (Å²) in [5.74, 6) is 0.249. The first-order valence-electron chi connectivity index (χ1n) is 11.8. The van der Waals surface area contributed by atoms with E-state index in [1.54, 1.807) is 0 Å². The zero-order chi connectivity index (χ0) is 22.1. The Hall–Kier alpha value is -2.00. The van der Waals surface area contributed by atoms with Gasteiger partial charge in [-0.05, 0) is 38.6 Å². The van der Waals surface area contributed by atoms with Crippen LogP contribution in [0.15, 0.2) is 11.2 Å². The van der Waals surface area contributed by atoms with E-state index in [-0.39, 0.29) is 23.0 Å². The number of alkyl halides is 1. The van der Waals surface area contributed by atoms with Crippen LogP contribution in [0.25, 0.3) is 5.82 Å². The Morgan fingerprint density at radius 1 is 1.35 bits per heavy atom. The average molecular weight is 435 g/mol. The second-order valence-electron chi connectivity index (χ2n) is 9.66. The van der Waals surface area contributed by atoms with E-state index in [1.807, 2.05) is 7.05 Å². The van der Waals surface area contributed by atoms with E-state index in [0.29, 0.717) is 36.5 Å². The maximum Gasteiger partial charge on any atom is 0.227 e. The molecule has 1 unspecified atom stereocenters. The normalized spacial score (nSPS) is 34.3. The standard InChI is InChI=1S/C22H29F2N5O2/c1-28-18-16-17(15(24)11-25-19(16)30-9-7-21(28)4-2-5-21)26-20(27-18)31-13-22-6-3-8-29(22)12-14(23)10-22/h11,14,20,27H,2-10,12-13H2,1H3/t14-,20?,22+/m1/s1/i/hD. The summed E-state index contributed by atoms with van der Waals surface area (Å²) in [5.41, 5.74) is -0.473. The Labute approximate surface area is 181 Å². The number of fused-ring (bicyclic) bond motifs is 1. The largest absolute Gasteiger partial charge is 0.477 e. The summed E-state index contributed by atoms with van der Waals surface area (Å²) in [5, 5.41) is 1.76. The molecule has 7 nitrogen and oxygen atoms in total. The monoisotopic (exact) mass is 434 g/mol. The quantitative estimate of drug-likeness (QED) is 0.767. The highest BCUT2D eigenvalue weighted by atomic mass is 19.1. The van der Waals surface area contributed by atoms with Crippen molar-refractivity contribution in [3.05, 3.63) is 22.6 Å². The molecule has 1 aromatic rings. The van der Waals surface area contributed by atoms with Crippen molar-refractivity contribution in [2.24, 2.45) is 4.99 Å². The molecule has 0 amide bonds. The number of rotatable bonds is 3. The second-order valence-corrected chi connectivity index (χ2v) is 9.66. The molecule has 2 saturated heterocycles. The van der Waals surface area contributed by atoms with Crippen molar-refractivity contribution in [1.82, 2.24) is 20.1 Å². The summed E-state index contributed by atoms with van der Waals surface area (Å²) in [6.07, 6.45) is 5.47. The van der Waals surface area contributed by atoms with Crippen LogP contribution in [-0.4, -0.2) is 71.7 Å². The summed E-state index contributed by atoms with van der Waals surface area (Å²) in [4.78, 5) is 12.9. The predicted octanol–water partition coefficient (Wildman–Crippen LogP) is 1.02. The van der Waals surface area contributed by atoms with Crippen molar-refractivity contribution in [2.45, 2.75) is 68.5 Å². The summed E-state index contributed by atoms with van der Waals surface area (Å²) in [6, 6.07) is 0. The van der Waals surface area contributed by atoms with Crippen molar-refractivity contribution in [3.63, 3.8) is 0 Å². The van der Waals surface area contributed by atoms with Gasteiger partial charge in [0.25, 0.3) is 0 Å². The molecule has 4 aliphatic heterocycles. The van der Waals surface area contributed by atoms with Crippen LogP contribution in [0.2, 0.25) is 1.41 Å². The molecule has 6 rings (SSSR count). The molecule has 31 heavy (non-hydrogen) atoms. The third-order valence-corrected chi connectivity index (χ3v) is 8.05. The molecular weight excluding hydrogens is 404 g/mol. The van der Waals surface area contributed by atoms with E-state index in [9.17, 15) is 8.78 Å². The average Bonchev–Trinajstić information content (AvgIpc) is 3.24. The van der Waals surface area contributed by atoms with Gasteiger partial charge in [0.05, 0.1) is 19.4 Å². The van der Waals surface area contributed by atoms with Crippen LogP contribution >= 0.6 is 0 Å². The summed E-state index contributed by atoms with van der Waals surface area (Å²) < 4.78 is 50.1. The number of halogens is 2. The molecule has 0 bridgehead atoms. The topological polar surface area (TPSA) is 62.2 Å². The minimum atomic E-state index is -1.02. The van der Waals surface area contributed by atoms with Crippen LogP contribution in [0.4, 0.5) is 8.78 Å². The number of hydrogen-bond donors (Lipinski definition) is 1. The molecule has 1 aromatic heterocycles. The van der Waals surface area contributed by atoms with Crippen LogP contribution in [0.1, 0.15) is 44.9 Å². The lowest BCUT2D eigenvalue weighted by Crippen LogP contribution is -2.60. The van der Waals surface area contributed by atoms with Gasteiger partial charge in [-0.2, -0.15) is 0 Å². The van der Waals surface area contributed by atoms with E-state index < -0.39 is 18.3 Å². The fourth-order valence-corrected chi connectivity index (χ4v) is 6.11. The van der Waals surface area contributed by atoms with Crippen molar-refractivity contribution in [2.75, 3.05) is 33.4 Å². The van der Waals surface area contributed by atoms with Gasteiger partial charge in [0.15, 0.2) is 7.23 Å². The molecule has 1 spiro atoms. The molecule has 3 fully saturated rings. The fourth-order valence-electron chi connectivity index (χ4n) is 6.11. The first-order valence-corrected chi connectivity index (χ1v) is 11.3. The minimum absolute atomic E-state index is 0.119. The van der Waals surface area contributed by atoms with Gasteiger partial charge < -0.3 is 19.7 Å². The van der Waals surface area contributed by atoms with Gasteiger partial charge in [0, 0.05) is 37.5 Å². The van der Waals surface area contributed by atoms with Gasteiger partial charge in [-0.15, -0.1) is 0 Å². The fraction of sp³-hybridized carbons (Fsp3) is 0.727. The van der Waals surface area contributed by atoms with Crippen molar-refractivity contribution in [3.8, 4) is 5.88 Å². The summed E-state index contributed by atoms with van der Waals surface area (Å²) in [6.45, 7) is 2.05. The lowest BCUT2D eigenvalue weighted by Gasteiger charge is -2.51. The third-order valence-electron chi connectivity index (χ3n) is 8.05. The molecule has 0 radical (unpaired) electrons. The van der Waals surface area contributed by atoms with Crippen LogP contribution < -0.4 is 20.6 Å². The number of nitrogens with one attached hydrogen (secondary N) is 1. The first kappa shape index (κ1) is 18.6. The minimum Gasteiger partial charge on any atom is -0.477 e. The van der Waals surface area contributed by atoms with Gasteiger partial charge >= 0.3 is 0 Å². The zero-order valence-electron chi connectivity index (χ0n) is 18.8. The molecule has 1 aliphatic carbocycles. The van der Waals surface area contributed by atoms with E-state index in [2.05, 4.69) is 19.8 Å². The molecule has 5 aliphatic rings. The Bertz CT molecular complexity index is 1050. The van der Waals surface area contributed by atoms with E-state index in [0.717, 1.165) is 51.3 Å². The Kier molecular flexibility index (Phi) is 4.19. The second kappa shape index (κ2) is 7.00. The van der Waals surface area contributed by atoms with Gasteiger partial charge in [-0.25, -0.2) is 18.8 Å². The Balaban J connectivity index is 1.39. The summed E-state index contributed by atoms with van der Waals surface area (Å²) >= 11 is 0. The lowest BCUT2D eigenvalue weighted by molar-refractivity contribution is -0.0263. The zero-order valence-corrected chi connectivity index (χ0v) is 17.8. The predicted molar refractivity (Wildman–Crippen MR) is 109 cm³/mol. The van der Waals surface area contributed by atoms with Crippen LogP contribution in [-0.2, 0) is 4.74 Å². The van der Waals surface area contributed by atoms with Gasteiger partial charge in [-0.3, -0.25) is 4.90 Å². The highest BCUT2D eigenvalue weighted by molar-refractivity contribution is 5.47. The Morgan fingerprint density at radius 2 is 2.23 bits per heavy atom. The highest BCUT2D eigenvalue weighted by Crippen LogP contribution is 2.43. The van der Waals surface area contributed by atoms with Gasteiger partial charge in [-0.1, -0.05) is 0 Å². The maximum absolute atomic E-state index is 14.9. The highest BCUT2D eigenvalue weighted by Gasteiger charge is 2.49. The molecule has 9 heteroatoms. The number of aromatic nitrogens is 1. The van der Waals surface area contributed by atoms with Crippen molar-refractivity contribution < 1.29 is 19.7 Å². The number of hydrogen-bond acceptors (Lipinski definition) is 7. The van der Waals surface area contributed by atoms with Crippen molar-refractivity contribution in [1.29, 1.82) is 0 Å². The number of ether oxygens (including phenoxy) is 2. The molecule has 168 valence electrons. The van der Waals surface area contributed by atoms with Gasteiger partial charge in [0.2, 0.25) is 12.2 Å². The number of pyridine rings is 1. The van der Waals surface area contributed by atoms with E-state index >= 15 is 0 Å². The van der Waals surface area contributed by atoms with Crippen molar-refractivity contribution >= 4 is 5.82 Å². The summed E-state index contributed by atoms with van der Waals surface area (Å²) in [7, 11) is 1.96. The molecule has 5 heterocycles. The SMILES string of the molecule is [2H]N1C2=c3c(ncc(F)c3=NC1OC[C@@]13CCCN1C[C@H](F)C3)OCCC1(CCC1)N2C. The van der Waals surface area contributed by atoms with E-state index in [4.69, 9.17) is 10.9 Å². The first-order chi connectivity index (χ1) is 15.4. The van der Waals surface area contributed by atoms with Gasteiger partial charge in [0.1, 0.15) is 22.6 Å². The molecule has 0 aromatic carbocycles. The van der Waals surface area contributed by atoms with Crippen LogP contribution in [0, 0.1) is 5.82 Å². The molecule has 3 atom stereocenters. The van der Waals surface area contributed by atoms with E-state index in [1.165, 1.54) is 5.31 Å². The smallest absolute Gasteiger partial charge is 0.227 e.